The summed E-state index contributed by atoms with van der Waals surface area (Å²) in [6, 6.07) is 8.01. The molecular formula is C19H22BN3O6. The Kier molecular flexibility index (Phi) is 6.35. The monoisotopic (exact) mass is 399 g/mol. The molecule has 1 aliphatic rings. The fourth-order valence-electron chi connectivity index (χ4n) is 3.38. The number of anilines is 1. The van der Waals surface area contributed by atoms with Gasteiger partial charge in [0.2, 0.25) is 0 Å². The van der Waals surface area contributed by atoms with Gasteiger partial charge in [-0.05, 0) is 29.7 Å². The number of aromatic nitrogens is 1. The summed E-state index contributed by atoms with van der Waals surface area (Å²) >= 11 is 0. The number of carbonyl (C=O) groups is 2. The van der Waals surface area contributed by atoms with Crippen molar-refractivity contribution >= 4 is 24.7 Å². The number of para-hydroxylation sites is 1. The molecule has 1 aromatic heterocycles. The van der Waals surface area contributed by atoms with Crippen molar-refractivity contribution < 1.29 is 29.1 Å². The van der Waals surface area contributed by atoms with Crippen LogP contribution in [-0.2, 0) is 17.6 Å². The van der Waals surface area contributed by atoms with Gasteiger partial charge < -0.3 is 25.7 Å². The van der Waals surface area contributed by atoms with Crippen LogP contribution in [0.2, 0.25) is 5.82 Å². The number of nitrogens with one attached hydrogen (secondary N) is 1. The SMILES string of the molecule is NCCNc1ccc(CC(=O)C[C@H]2Cc3cccc(C(=O)O)c3OB2O)c[n+]1[O-]. The fraction of sp³-hybridized carbons (Fsp3) is 0.316. The molecule has 0 spiro atoms. The third-order valence-corrected chi connectivity index (χ3v) is 4.77. The minimum absolute atomic E-state index is 0.0188. The molecule has 1 aliphatic heterocycles. The van der Waals surface area contributed by atoms with Crippen LogP contribution in [0, 0.1) is 5.21 Å². The first-order valence-corrected chi connectivity index (χ1v) is 9.26. The number of pyridine rings is 1. The van der Waals surface area contributed by atoms with Crippen LogP contribution < -0.4 is 20.4 Å². The molecule has 3 rings (SSSR count). The number of carboxylic acids is 1. The first-order valence-electron chi connectivity index (χ1n) is 9.26. The predicted molar refractivity (Wildman–Crippen MR) is 106 cm³/mol. The van der Waals surface area contributed by atoms with Crippen LogP contribution in [0.25, 0.3) is 0 Å². The highest BCUT2D eigenvalue weighted by molar-refractivity contribution is 6.47. The zero-order chi connectivity index (χ0) is 21.0. The number of fused-ring (bicyclic) bond motifs is 1. The minimum Gasteiger partial charge on any atom is -0.711 e. The molecule has 5 N–H and O–H groups in total. The smallest absolute Gasteiger partial charge is 0.526 e. The number of hydrogen-bond acceptors (Lipinski definition) is 7. The Morgan fingerprint density at radius 2 is 2.14 bits per heavy atom. The number of rotatable bonds is 8. The van der Waals surface area contributed by atoms with Gasteiger partial charge in [-0.1, -0.05) is 12.1 Å². The lowest BCUT2D eigenvalue weighted by Crippen LogP contribution is -2.36. The van der Waals surface area contributed by atoms with Crippen molar-refractivity contribution in [3.63, 3.8) is 0 Å². The van der Waals surface area contributed by atoms with E-state index in [-0.39, 0.29) is 29.9 Å². The quantitative estimate of drug-likeness (QED) is 0.283. The zero-order valence-electron chi connectivity index (χ0n) is 15.7. The summed E-state index contributed by atoms with van der Waals surface area (Å²) in [7, 11) is -1.28. The van der Waals surface area contributed by atoms with Crippen LogP contribution in [0.4, 0.5) is 5.82 Å². The number of carboxylic acid groups (broad SMARTS) is 1. The van der Waals surface area contributed by atoms with E-state index >= 15 is 0 Å². The molecule has 152 valence electrons. The van der Waals surface area contributed by atoms with Gasteiger partial charge >= 0.3 is 13.1 Å². The molecule has 0 saturated carbocycles. The molecule has 2 heterocycles. The molecule has 2 aromatic rings. The molecule has 0 saturated heterocycles. The average Bonchev–Trinajstić information content (AvgIpc) is 2.67. The lowest BCUT2D eigenvalue weighted by molar-refractivity contribution is -0.590. The van der Waals surface area contributed by atoms with E-state index in [2.05, 4.69) is 5.32 Å². The van der Waals surface area contributed by atoms with Crippen molar-refractivity contribution in [3.05, 3.63) is 58.4 Å². The second-order valence-electron chi connectivity index (χ2n) is 6.96. The summed E-state index contributed by atoms with van der Waals surface area (Å²) in [6.07, 6.45) is 1.75. The average molecular weight is 399 g/mol. The Labute approximate surface area is 167 Å². The van der Waals surface area contributed by atoms with Crippen molar-refractivity contribution in [1.82, 2.24) is 0 Å². The lowest BCUT2D eigenvalue weighted by atomic mass is 9.64. The largest absolute Gasteiger partial charge is 0.711 e. The van der Waals surface area contributed by atoms with E-state index in [0.717, 1.165) is 0 Å². The third-order valence-electron chi connectivity index (χ3n) is 4.77. The van der Waals surface area contributed by atoms with Crippen molar-refractivity contribution in [3.8, 4) is 5.75 Å². The van der Waals surface area contributed by atoms with Crippen LogP contribution in [0.15, 0.2) is 36.5 Å². The molecular weight excluding hydrogens is 377 g/mol. The summed E-state index contributed by atoms with van der Waals surface area (Å²) in [5.41, 5.74) is 6.58. The molecule has 0 unspecified atom stereocenters. The molecule has 29 heavy (non-hydrogen) atoms. The third kappa shape index (κ3) is 4.85. The lowest BCUT2D eigenvalue weighted by Gasteiger charge is -2.28. The highest BCUT2D eigenvalue weighted by atomic mass is 16.5. The van der Waals surface area contributed by atoms with Crippen LogP contribution in [-0.4, -0.2) is 42.1 Å². The van der Waals surface area contributed by atoms with E-state index in [1.54, 1.807) is 24.3 Å². The molecule has 0 amide bonds. The first kappa shape index (κ1) is 20.6. The topological polar surface area (TPSA) is 149 Å². The maximum atomic E-state index is 12.5. The number of hydrogen-bond donors (Lipinski definition) is 4. The maximum Gasteiger partial charge on any atom is 0.526 e. The van der Waals surface area contributed by atoms with Crippen molar-refractivity contribution in [2.45, 2.75) is 25.1 Å². The van der Waals surface area contributed by atoms with Gasteiger partial charge in [-0.25, -0.2) is 9.52 Å². The Balaban J connectivity index is 1.65. The Morgan fingerprint density at radius 1 is 1.34 bits per heavy atom. The molecule has 0 fully saturated rings. The van der Waals surface area contributed by atoms with Crippen LogP contribution in [0.5, 0.6) is 5.75 Å². The van der Waals surface area contributed by atoms with E-state index in [9.17, 15) is 24.9 Å². The summed E-state index contributed by atoms with van der Waals surface area (Å²) in [4.78, 5) is 23.8. The summed E-state index contributed by atoms with van der Waals surface area (Å²) < 4.78 is 6.06. The predicted octanol–water partition coefficient (Wildman–Crippen LogP) is 0.376. The molecule has 1 aromatic carbocycles. The number of benzene rings is 1. The Bertz CT molecular complexity index is 923. The zero-order valence-corrected chi connectivity index (χ0v) is 15.7. The highest BCUT2D eigenvalue weighted by Crippen LogP contribution is 2.36. The second-order valence-corrected chi connectivity index (χ2v) is 6.96. The second kappa shape index (κ2) is 8.93. The van der Waals surface area contributed by atoms with E-state index in [1.165, 1.54) is 12.3 Å². The molecule has 1 atom stereocenters. The van der Waals surface area contributed by atoms with Gasteiger partial charge in [0.15, 0.2) is 0 Å². The van der Waals surface area contributed by atoms with Gasteiger partial charge in [0.05, 0.1) is 18.3 Å². The normalized spacial score (nSPS) is 15.4. The molecule has 0 radical (unpaired) electrons. The van der Waals surface area contributed by atoms with Crippen molar-refractivity contribution in [2.24, 2.45) is 5.73 Å². The number of nitrogens with two attached hydrogens (primary N) is 1. The minimum atomic E-state index is -1.28. The Hall–Kier alpha value is -3.11. The van der Waals surface area contributed by atoms with E-state index in [0.29, 0.717) is 41.2 Å². The summed E-state index contributed by atoms with van der Waals surface area (Å²) in [5.74, 6) is -1.29. The Morgan fingerprint density at radius 3 is 2.83 bits per heavy atom. The van der Waals surface area contributed by atoms with E-state index in [1.807, 2.05) is 0 Å². The van der Waals surface area contributed by atoms with Crippen LogP contribution >= 0.6 is 0 Å². The van der Waals surface area contributed by atoms with Gasteiger partial charge in [-0.15, -0.1) is 0 Å². The van der Waals surface area contributed by atoms with Gasteiger partial charge in [0.1, 0.15) is 11.5 Å². The van der Waals surface area contributed by atoms with Crippen LogP contribution in [0.1, 0.15) is 27.9 Å². The molecule has 9 nitrogen and oxygen atoms in total. The van der Waals surface area contributed by atoms with E-state index < -0.39 is 18.9 Å². The van der Waals surface area contributed by atoms with Gasteiger partial charge in [0.25, 0.3) is 5.82 Å². The first-order chi connectivity index (χ1) is 13.9. The number of ketones is 1. The number of carbonyl (C=O) groups excluding carboxylic acids is 1. The number of aromatic carboxylic acids is 1. The summed E-state index contributed by atoms with van der Waals surface area (Å²) in [5, 5.41) is 34.4. The standard InChI is InChI=1S/C19H22BN3O6/c21-6-7-22-17-5-4-12(11-23(17)28)8-15(24)10-14-9-13-2-1-3-16(19(25)26)18(13)29-20(14)27/h1-5,11,14,22,27H,6-10,21H2,(H,25,26)/t14-/m1/s1. The fourth-order valence-corrected chi connectivity index (χ4v) is 3.38. The molecule has 10 heteroatoms. The number of nitrogens with zero attached hydrogens (tertiary/aromatic N) is 1. The van der Waals surface area contributed by atoms with Crippen molar-refractivity contribution in [2.75, 3.05) is 18.4 Å². The summed E-state index contributed by atoms with van der Waals surface area (Å²) in [6.45, 7) is 0.855. The van der Waals surface area contributed by atoms with Gasteiger partial charge in [-0.3, -0.25) is 10.1 Å². The van der Waals surface area contributed by atoms with Gasteiger partial charge in [0, 0.05) is 31.3 Å². The van der Waals surface area contributed by atoms with Gasteiger partial charge in [-0.2, -0.15) is 0 Å². The van der Waals surface area contributed by atoms with E-state index in [4.69, 9.17) is 10.4 Å². The maximum absolute atomic E-state index is 12.5. The molecule has 0 aliphatic carbocycles. The molecule has 0 bridgehead atoms. The number of Topliss-reactive ketones (excluding diaryl/α,β-unsaturated/α-hetero) is 1. The van der Waals surface area contributed by atoms with Crippen molar-refractivity contribution in [1.29, 1.82) is 0 Å². The highest BCUT2D eigenvalue weighted by Gasteiger charge is 2.37. The van der Waals surface area contributed by atoms with Crippen LogP contribution in [0.3, 0.4) is 0 Å².